The van der Waals surface area contributed by atoms with Crippen molar-refractivity contribution >= 4 is 11.6 Å². The van der Waals surface area contributed by atoms with Crippen molar-refractivity contribution in [1.82, 2.24) is 5.32 Å². The SMILES string of the molecule is COc1ccc([C@H](C)NCC(=O)Nc2ccccc2)cc1. The molecule has 110 valence electrons. The van der Waals surface area contributed by atoms with Crippen molar-refractivity contribution in [3.05, 3.63) is 60.2 Å². The Kier molecular flexibility index (Phi) is 5.35. The number of rotatable bonds is 6. The van der Waals surface area contributed by atoms with Crippen molar-refractivity contribution in [1.29, 1.82) is 0 Å². The first-order chi connectivity index (χ1) is 10.2. The molecule has 0 heterocycles. The third-order valence-electron chi connectivity index (χ3n) is 3.24. The van der Waals surface area contributed by atoms with Crippen molar-refractivity contribution in [3.8, 4) is 5.75 Å². The van der Waals surface area contributed by atoms with E-state index in [-0.39, 0.29) is 18.5 Å². The molecule has 1 amide bonds. The molecule has 2 aromatic carbocycles. The van der Waals surface area contributed by atoms with Gasteiger partial charge in [-0.05, 0) is 36.8 Å². The van der Waals surface area contributed by atoms with Crippen molar-refractivity contribution in [2.75, 3.05) is 19.0 Å². The molecule has 2 N–H and O–H groups in total. The number of methoxy groups -OCH3 is 1. The van der Waals surface area contributed by atoms with Gasteiger partial charge in [-0.1, -0.05) is 30.3 Å². The molecule has 1 atom stereocenters. The second-order valence-corrected chi connectivity index (χ2v) is 4.79. The summed E-state index contributed by atoms with van der Waals surface area (Å²) in [6, 6.07) is 17.3. The second kappa shape index (κ2) is 7.45. The van der Waals surface area contributed by atoms with E-state index in [2.05, 4.69) is 10.6 Å². The summed E-state index contributed by atoms with van der Waals surface area (Å²) in [5.74, 6) is 0.773. The number of nitrogens with one attached hydrogen (secondary N) is 2. The fourth-order valence-corrected chi connectivity index (χ4v) is 1.98. The predicted octanol–water partition coefficient (Wildman–Crippen LogP) is 2.98. The highest BCUT2D eigenvalue weighted by Gasteiger charge is 2.08. The van der Waals surface area contributed by atoms with Crippen molar-refractivity contribution < 1.29 is 9.53 Å². The van der Waals surface area contributed by atoms with Crippen LogP contribution in [0.5, 0.6) is 5.75 Å². The highest BCUT2D eigenvalue weighted by molar-refractivity contribution is 5.92. The smallest absolute Gasteiger partial charge is 0.238 e. The van der Waals surface area contributed by atoms with Crippen LogP contribution >= 0.6 is 0 Å². The first-order valence-electron chi connectivity index (χ1n) is 6.91. The van der Waals surface area contributed by atoms with E-state index in [1.165, 1.54) is 0 Å². The first kappa shape index (κ1) is 15.1. The quantitative estimate of drug-likeness (QED) is 0.857. The Labute approximate surface area is 125 Å². The average molecular weight is 284 g/mol. The van der Waals surface area contributed by atoms with Gasteiger partial charge in [-0.2, -0.15) is 0 Å². The lowest BCUT2D eigenvalue weighted by atomic mass is 10.1. The summed E-state index contributed by atoms with van der Waals surface area (Å²) < 4.78 is 5.13. The summed E-state index contributed by atoms with van der Waals surface area (Å²) in [4.78, 5) is 11.9. The van der Waals surface area contributed by atoms with Crippen LogP contribution in [-0.4, -0.2) is 19.6 Å². The molecule has 0 radical (unpaired) electrons. The minimum absolute atomic E-state index is 0.0541. The molecule has 0 aliphatic rings. The standard InChI is InChI=1S/C17H20N2O2/c1-13(14-8-10-16(21-2)11-9-14)18-12-17(20)19-15-6-4-3-5-7-15/h3-11,13,18H,12H2,1-2H3,(H,19,20)/t13-/m0/s1. The van der Waals surface area contributed by atoms with Gasteiger partial charge in [-0.15, -0.1) is 0 Å². The van der Waals surface area contributed by atoms with Crippen LogP contribution in [0.2, 0.25) is 0 Å². The molecule has 0 aliphatic carbocycles. The minimum Gasteiger partial charge on any atom is -0.497 e. The van der Waals surface area contributed by atoms with Crippen LogP contribution < -0.4 is 15.4 Å². The molecule has 0 aromatic heterocycles. The van der Waals surface area contributed by atoms with E-state index in [0.29, 0.717) is 0 Å². The van der Waals surface area contributed by atoms with Crippen LogP contribution in [0.15, 0.2) is 54.6 Å². The van der Waals surface area contributed by atoms with E-state index in [0.717, 1.165) is 17.0 Å². The normalized spacial score (nSPS) is 11.7. The molecular weight excluding hydrogens is 264 g/mol. The maximum absolute atomic E-state index is 11.9. The molecule has 0 aliphatic heterocycles. The van der Waals surface area contributed by atoms with Crippen LogP contribution in [0, 0.1) is 0 Å². The summed E-state index contributed by atoms with van der Waals surface area (Å²) in [6.45, 7) is 2.29. The van der Waals surface area contributed by atoms with E-state index in [1.54, 1.807) is 7.11 Å². The largest absolute Gasteiger partial charge is 0.497 e. The summed E-state index contributed by atoms with van der Waals surface area (Å²) in [5.41, 5.74) is 1.92. The maximum atomic E-state index is 11.9. The van der Waals surface area contributed by atoms with Gasteiger partial charge in [-0.25, -0.2) is 0 Å². The van der Waals surface area contributed by atoms with Crippen LogP contribution in [0.3, 0.4) is 0 Å². The van der Waals surface area contributed by atoms with Gasteiger partial charge >= 0.3 is 0 Å². The van der Waals surface area contributed by atoms with Crippen LogP contribution in [0.25, 0.3) is 0 Å². The van der Waals surface area contributed by atoms with E-state index in [9.17, 15) is 4.79 Å². The minimum atomic E-state index is -0.0541. The third-order valence-corrected chi connectivity index (χ3v) is 3.24. The lowest BCUT2D eigenvalue weighted by Gasteiger charge is -2.14. The van der Waals surface area contributed by atoms with Crippen molar-refractivity contribution in [2.24, 2.45) is 0 Å². The summed E-state index contributed by atoms with van der Waals surface area (Å²) in [5, 5.41) is 6.05. The van der Waals surface area contributed by atoms with Crippen molar-refractivity contribution in [2.45, 2.75) is 13.0 Å². The van der Waals surface area contributed by atoms with Gasteiger partial charge in [0.25, 0.3) is 0 Å². The number of benzene rings is 2. The van der Waals surface area contributed by atoms with E-state index in [1.807, 2.05) is 61.5 Å². The molecule has 2 aromatic rings. The van der Waals surface area contributed by atoms with Gasteiger partial charge in [0.1, 0.15) is 5.75 Å². The number of ether oxygens (including phenoxy) is 1. The number of amides is 1. The van der Waals surface area contributed by atoms with E-state index >= 15 is 0 Å². The van der Waals surface area contributed by atoms with Gasteiger partial charge in [0.2, 0.25) is 5.91 Å². The third kappa shape index (κ3) is 4.61. The Hall–Kier alpha value is -2.33. The Morgan fingerprint density at radius 3 is 2.38 bits per heavy atom. The fraction of sp³-hybridized carbons (Fsp3) is 0.235. The molecule has 0 fully saturated rings. The zero-order valence-corrected chi connectivity index (χ0v) is 12.3. The average Bonchev–Trinajstić information content (AvgIpc) is 2.53. The van der Waals surface area contributed by atoms with Gasteiger partial charge in [0, 0.05) is 11.7 Å². The van der Waals surface area contributed by atoms with Crippen LogP contribution in [-0.2, 0) is 4.79 Å². The molecule has 0 unspecified atom stereocenters. The highest BCUT2D eigenvalue weighted by Crippen LogP contribution is 2.17. The number of carbonyl (C=O) groups is 1. The number of anilines is 1. The lowest BCUT2D eigenvalue weighted by Crippen LogP contribution is -2.30. The Morgan fingerprint density at radius 1 is 1.10 bits per heavy atom. The zero-order valence-electron chi connectivity index (χ0n) is 12.3. The number of hydrogen-bond acceptors (Lipinski definition) is 3. The molecule has 0 spiro atoms. The number of hydrogen-bond donors (Lipinski definition) is 2. The molecule has 4 nitrogen and oxygen atoms in total. The monoisotopic (exact) mass is 284 g/mol. The van der Waals surface area contributed by atoms with Gasteiger partial charge in [0.15, 0.2) is 0 Å². The molecular formula is C17H20N2O2. The van der Waals surface area contributed by atoms with Crippen LogP contribution in [0.1, 0.15) is 18.5 Å². The fourth-order valence-electron chi connectivity index (χ4n) is 1.98. The van der Waals surface area contributed by atoms with Gasteiger partial charge < -0.3 is 15.4 Å². The summed E-state index contributed by atoms with van der Waals surface area (Å²) in [6.07, 6.45) is 0. The molecule has 0 saturated carbocycles. The molecule has 4 heteroatoms. The topological polar surface area (TPSA) is 50.4 Å². The zero-order chi connectivity index (χ0) is 15.1. The first-order valence-corrected chi connectivity index (χ1v) is 6.91. The predicted molar refractivity (Wildman–Crippen MR) is 84.5 cm³/mol. The Morgan fingerprint density at radius 2 is 1.76 bits per heavy atom. The van der Waals surface area contributed by atoms with Crippen LogP contribution in [0.4, 0.5) is 5.69 Å². The number of carbonyl (C=O) groups excluding carboxylic acids is 1. The lowest BCUT2D eigenvalue weighted by molar-refractivity contribution is -0.115. The molecule has 0 bridgehead atoms. The summed E-state index contributed by atoms with van der Waals surface area (Å²) in [7, 11) is 1.64. The second-order valence-electron chi connectivity index (χ2n) is 4.79. The summed E-state index contributed by atoms with van der Waals surface area (Å²) >= 11 is 0. The molecule has 2 rings (SSSR count). The van der Waals surface area contributed by atoms with Gasteiger partial charge in [-0.3, -0.25) is 4.79 Å². The van der Waals surface area contributed by atoms with E-state index in [4.69, 9.17) is 4.74 Å². The number of para-hydroxylation sites is 1. The Bertz CT molecular complexity index is 567. The molecule has 21 heavy (non-hydrogen) atoms. The molecule has 0 saturated heterocycles. The Balaban J connectivity index is 1.82. The highest BCUT2D eigenvalue weighted by atomic mass is 16.5. The van der Waals surface area contributed by atoms with Gasteiger partial charge in [0.05, 0.1) is 13.7 Å². The van der Waals surface area contributed by atoms with Crippen molar-refractivity contribution in [3.63, 3.8) is 0 Å². The van der Waals surface area contributed by atoms with E-state index < -0.39 is 0 Å². The maximum Gasteiger partial charge on any atom is 0.238 e.